The predicted octanol–water partition coefficient (Wildman–Crippen LogP) is 3.14. The van der Waals surface area contributed by atoms with Crippen molar-refractivity contribution in [3.05, 3.63) is 57.0 Å². The van der Waals surface area contributed by atoms with Gasteiger partial charge in [-0.25, -0.2) is 0 Å². The monoisotopic (exact) mass is 481 g/mol. The van der Waals surface area contributed by atoms with Crippen LogP contribution in [0.4, 0.5) is 5.69 Å². The number of hydrogen-bond donors (Lipinski definition) is 2. The highest BCUT2D eigenvalue weighted by atomic mass is 79.9. The zero-order valence-corrected chi connectivity index (χ0v) is 17.4. The minimum absolute atomic E-state index is 0.0296. The van der Waals surface area contributed by atoms with Gasteiger partial charge in [-0.1, -0.05) is 18.2 Å². The minimum atomic E-state index is -0.596. The molecular weight excluding hydrogens is 462 g/mol. The largest absolute Gasteiger partial charge is 0.506 e. The quantitative estimate of drug-likeness (QED) is 0.702. The van der Waals surface area contributed by atoms with Crippen LogP contribution in [0.5, 0.6) is 5.75 Å². The Morgan fingerprint density at radius 3 is 2.23 bits per heavy atom. The van der Waals surface area contributed by atoms with Crippen LogP contribution in [0.3, 0.4) is 0 Å². The average molecular weight is 483 g/mol. The molecule has 2 aromatic carbocycles. The molecule has 0 aliphatic carbocycles. The number of phenolic OH excluding ortho intramolecular Hbond substituents is 1. The number of halogens is 2. The van der Waals surface area contributed by atoms with Gasteiger partial charge >= 0.3 is 0 Å². The molecule has 1 heterocycles. The Kier molecular flexibility index (Phi) is 6.21. The molecule has 1 aliphatic heterocycles. The number of piperazine rings is 1. The lowest BCUT2D eigenvalue weighted by Gasteiger charge is -2.37. The van der Waals surface area contributed by atoms with E-state index in [-0.39, 0.29) is 11.7 Å². The number of benzene rings is 2. The Hall–Kier alpha value is -1.57. The first-order valence-electron chi connectivity index (χ1n) is 8.47. The van der Waals surface area contributed by atoms with Gasteiger partial charge in [-0.3, -0.25) is 4.79 Å². The lowest BCUT2D eigenvalue weighted by Crippen LogP contribution is -2.53. The number of anilines is 1. The van der Waals surface area contributed by atoms with Crippen LogP contribution < -0.4 is 10.6 Å². The maximum atomic E-state index is 12.7. The molecule has 1 aliphatic rings. The van der Waals surface area contributed by atoms with Gasteiger partial charge in [0.1, 0.15) is 5.75 Å². The molecule has 26 heavy (non-hydrogen) atoms. The van der Waals surface area contributed by atoms with Crippen molar-refractivity contribution in [2.45, 2.75) is 12.5 Å². The Balaban J connectivity index is 1.58. The number of para-hydroxylation sites is 1. The van der Waals surface area contributed by atoms with Gasteiger partial charge in [0.25, 0.3) is 0 Å². The summed E-state index contributed by atoms with van der Waals surface area (Å²) < 4.78 is 1.16. The van der Waals surface area contributed by atoms with Crippen LogP contribution >= 0.6 is 31.9 Å². The number of carbonyl (C=O) groups excluding carboxylic acids is 1. The van der Waals surface area contributed by atoms with Crippen molar-refractivity contribution in [3.8, 4) is 5.75 Å². The molecule has 3 rings (SSSR count). The Labute approximate surface area is 170 Å². The summed E-state index contributed by atoms with van der Waals surface area (Å²) in [6, 6.07) is 13.2. The highest BCUT2D eigenvalue weighted by Crippen LogP contribution is 2.33. The maximum Gasteiger partial charge on any atom is 0.239 e. The van der Waals surface area contributed by atoms with Crippen LogP contribution in [0.1, 0.15) is 5.56 Å². The van der Waals surface area contributed by atoms with E-state index in [1.54, 1.807) is 12.1 Å². The number of phenols is 1. The highest BCUT2D eigenvalue weighted by Gasteiger charge is 2.25. The number of nitrogens with zero attached hydrogens (tertiary/aromatic N) is 2. The molecule has 1 amide bonds. The molecule has 5 nitrogen and oxygen atoms in total. The van der Waals surface area contributed by atoms with Gasteiger partial charge in [-0.2, -0.15) is 0 Å². The topological polar surface area (TPSA) is 69.8 Å². The number of aromatic hydroxyl groups is 1. The number of rotatable bonds is 4. The molecule has 7 heteroatoms. The van der Waals surface area contributed by atoms with Gasteiger partial charge in [0.2, 0.25) is 5.91 Å². The van der Waals surface area contributed by atoms with Gasteiger partial charge < -0.3 is 20.6 Å². The van der Waals surface area contributed by atoms with E-state index < -0.39 is 6.04 Å². The smallest absolute Gasteiger partial charge is 0.239 e. The van der Waals surface area contributed by atoms with Gasteiger partial charge in [0.05, 0.1) is 15.0 Å². The van der Waals surface area contributed by atoms with E-state index in [0.29, 0.717) is 28.5 Å². The zero-order chi connectivity index (χ0) is 18.7. The Morgan fingerprint density at radius 1 is 1.08 bits per heavy atom. The Morgan fingerprint density at radius 2 is 1.65 bits per heavy atom. The molecule has 0 saturated carbocycles. The van der Waals surface area contributed by atoms with Crippen molar-refractivity contribution in [3.63, 3.8) is 0 Å². The van der Waals surface area contributed by atoms with E-state index in [2.05, 4.69) is 48.9 Å². The van der Waals surface area contributed by atoms with E-state index in [0.717, 1.165) is 18.7 Å². The molecule has 0 bridgehead atoms. The molecule has 1 saturated heterocycles. The van der Waals surface area contributed by atoms with Crippen LogP contribution in [0.25, 0.3) is 0 Å². The highest BCUT2D eigenvalue weighted by molar-refractivity contribution is 9.11. The molecule has 138 valence electrons. The predicted molar refractivity (Wildman–Crippen MR) is 110 cm³/mol. The molecule has 2 aromatic rings. The third kappa shape index (κ3) is 4.39. The van der Waals surface area contributed by atoms with Crippen molar-refractivity contribution >= 4 is 43.5 Å². The summed E-state index contributed by atoms with van der Waals surface area (Å²) in [6.07, 6.45) is 0.426. The van der Waals surface area contributed by atoms with Gasteiger partial charge in [-0.15, -0.1) is 0 Å². The maximum absolute atomic E-state index is 12.7. The number of carbonyl (C=O) groups is 1. The van der Waals surface area contributed by atoms with Crippen molar-refractivity contribution < 1.29 is 9.90 Å². The number of hydrogen-bond acceptors (Lipinski definition) is 4. The fraction of sp³-hybridized carbons (Fsp3) is 0.316. The summed E-state index contributed by atoms with van der Waals surface area (Å²) in [5.74, 6) is 0.115. The first-order valence-corrected chi connectivity index (χ1v) is 10.1. The molecule has 1 unspecified atom stereocenters. The van der Waals surface area contributed by atoms with Crippen LogP contribution in [0.2, 0.25) is 0 Å². The van der Waals surface area contributed by atoms with Gasteiger partial charge in [0.15, 0.2) is 0 Å². The lowest BCUT2D eigenvalue weighted by atomic mass is 10.0. The van der Waals surface area contributed by atoms with Crippen LogP contribution in [-0.4, -0.2) is 48.1 Å². The molecule has 0 radical (unpaired) electrons. The van der Waals surface area contributed by atoms with Crippen LogP contribution in [0.15, 0.2) is 51.4 Å². The molecule has 1 atom stereocenters. The Bertz CT molecular complexity index is 755. The van der Waals surface area contributed by atoms with Crippen LogP contribution in [-0.2, 0) is 11.2 Å². The van der Waals surface area contributed by atoms with E-state index in [4.69, 9.17) is 5.73 Å². The first kappa shape index (κ1) is 19.2. The van der Waals surface area contributed by atoms with E-state index >= 15 is 0 Å². The fourth-order valence-corrected chi connectivity index (χ4v) is 4.42. The molecule has 0 aromatic heterocycles. The second-order valence-corrected chi connectivity index (χ2v) is 8.08. The summed E-state index contributed by atoms with van der Waals surface area (Å²) in [5.41, 5.74) is 8.24. The second-order valence-electron chi connectivity index (χ2n) is 6.37. The summed E-state index contributed by atoms with van der Waals surface area (Å²) >= 11 is 6.62. The summed E-state index contributed by atoms with van der Waals surface area (Å²) in [6.45, 7) is 2.95. The number of amides is 1. The van der Waals surface area contributed by atoms with Crippen molar-refractivity contribution in [2.75, 3.05) is 31.1 Å². The van der Waals surface area contributed by atoms with Crippen LogP contribution in [0, 0.1) is 0 Å². The van der Waals surface area contributed by atoms with E-state index in [1.165, 1.54) is 5.69 Å². The van der Waals surface area contributed by atoms with Crippen molar-refractivity contribution in [1.29, 1.82) is 0 Å². The van der Waals surface area contributed by atoms with Crippen molar-refractivity contribution in [1.82, 2.24) is 4.90 Å². The molecular formula is C19H21Br2N3O2. The fourth-order valence-electron chi connectivity index (χ4n) is 3.14. The molecule has 1 fully saturated rings. The zero-order valence-electron chi connectivity index (χ0n) is 14.2. The van der Waals surface area contributed by atoms with E-state index in [1.807, 2.05) is 23.1 Å². The normalized spacial score (nSPS) is 15.8. The lowest BCUT2D eigenvalue weighted by molar-refractivity contribution is -0.132. The van der Waals surface area contributed by atoms with Gasteiger partial charge in [-0.05, 0) is 68.1 Å². The minimum Gasteiger partial charge on any atom is -0.506 e. The summed E-state index contributed by atoms with van der Waals surface area (Å²) in [7, 11) is 0. The SMILES string of the molecule is NC(Cc1cc(Br)c(O)c(Br)c1)C(=O)N1CCN(c2ccccc2)CC1. The van der Waals surface area contributed by atoms with E-state index in [9.17, 15) is 9.90 Å². The molecule has 3 N–H and O–H groups in total. The average Bonchev–Trinajstić information content (AvgIpc) is 2.66. The second kappa shape index (κ2) is 8.41. The van der Waals surface area contributed by atoms with Gasteiger partial charge in [0, 0.05) is 31.9 Å². The third-order valence-electron chi connectivity index (χ3n) is 4.56. The number of nitrogens with two attached hydrogens (primary N) is 1. The standard InChI is InChI=1S/C19H21Br2N3O2/c20-15-10-13(11-16(21)18(15)25)12-17(22)19(26)24-8-6-23(7-9-24)14-4-2-1-3-5-14/h1-5,10-11,17,25H,6-9,12,22H2. The summed E-state index contributed by atoms with van der Waals surface area (Å²) in [5, 5.41) is 9.79. The third-order valence-corrected chi connectivity index (χ3v) is 5.77. The molecule has 0 spiro atoms. The summed E-state index contributed by atoms with van der Waals surface area (Å²) in [4.78, 5) is 16.8. The van der Waals surface area contributed by atoms with Crippen molar-refractivity contribution in [2.24, 2.45) is 5.73 Å². The first-order chi connectivity index (χ1) is 12.5.